The molecule has 0 aliphatic carbocycles. The molecule has 0 saturated heterocycles. The van der Waals surface area contributed by atoms with Gasteiger partial charge in [-0.1, -0.05) is 24.8 Å². The van der Waals surface area contributed by atoms with E-state index >= 15 is 0 Å². The highest BCUT2D eigenvalue weighted by atomic mass is 16.5. The van der Waals surface area contributed by atoms with Crippen LogP contribution in [0.3, 0.4) is 0 Å². The second-order valence-corrected chi connectivity index (χ2v) is 6.28. The first-order valence-corrected chi connectivity index (χ1v) is 8.99. The molecule has 0 aromatic heterocycles. The monoisotopic (exact) mass is 369 g/mol. The number of carbonyl (C=O) groups excluding carboxylic acids is 1. The summed E-state index contributed by atoms with van der Waals surface area (Å²) in [5.74, 6) is 1.80. The summed E-state index contributed by atoms with van der Waals surface area (Å²) in [7, 11) is 1.55. The van der Waals surface area contributed by atoms with E-state index in [1.807, 2.05) is 38.1 Å². The van der Waals surface area contributed by atoms with Crippen molar-refractivity contribution in [1.29, 1.82) is 0 Å². The third-order valence-electron chi connectivity index (χ3n) is 3.78. The molecule has 1 amide bonds. The zero-order valence-corrected chi connectivity index (χ0v) is 16.2. The second-order valence-electron chi connectivity index (χ2n) is 6.28. The van der Waals surface area contributed by atoms with Crippen molar-refractivity contribution in [3.8, 4) is 17.2 Å². The molecule has 5 nitrogen and oxygen atoms in total. The summed E-state index contributed by atoms with van der Waals surface area (Å²) >= 11 is 0. The Labute approximate surface area is 161 Å². The molecule has 2 aromatic carbocycles. The zero-order valence-electron chi connectivity index (χ0n) is 16.2. The maximum Gasteiger partial charge on any atom is 0.251 e. The summed E-state index contributed by atoms with van der Waals surface area (Å²) in [6.07, 6.45) is 2.55. The van der Waals surface area contributed by atoms with Gasteiger partial charge in [-0.2, -0.15) is 0 Å². The van der Waals surface area contributed by atoms with Gasteiger partial charge < -0.3 is 19.5 Å². The van der Waals surface area contributed by atoms with Gasteiger partial charge in [0.15, 0.2) is 11.5 Å². The first-order chi connectivity index (χ1) is 13.0. The van der Waals surface area contributed by atoms with E-state index in [0.717, 1.165) is 17.7 Å². The minimum absolute atomic E-state index is 0.150. The number of hydrogen-bond acceptors (Lipinski definition) is 4. The number of ether oxygens (including phenoxy) is 3. The Balaban J connectivity index is 1.88. The van der Waals surface area contributed by atoms with Crippen LogP contribution in [0.1, 0.15) is 29.8 Å². The van der Waals surface area contributed by atoms with Crippen molar-refractivity contribution in [3.63, 3.8) is 0 Å². The van der Waals surface area contributed by atoms with Gasteiger partial charge in [-0.15, -0.1) is 0 Å². The molecule has 1 N–H and O–H groups in total. The molecule has 0 unspecified atom stereocenters. The lowest BCUT2D eigenvalue weighted by molar-refractivity contribution is 0.0953. The van der Waals surface area contributed by atoms with E-state index in [9.17, 15) is 4.79 Å². The lowest BCUT2D eigenvalue weighted by Crippen LogP contribution is -2.25. The summed E-state index contributed by atoms with van der Waals surface area (Å²) in [6, 6.07) is 13.0. The summed E-state index contributed by atoms with van der Waals surface area (Å²) < 4.78 is 16.4. The van der Waals surface area contributed by atoms with Crippen LogP contribution >= 0.6 is 0 Å². The van der Waals surface area contributed by atoms with Gasteiger partial charge in [0.2, 0.25) is 0 Å². The van der Waals surface area contributed by atoms with Gasteiger partial charge in [0.05, 0.1) is 13.2 Å². The molecule has 0 aliphatic heterocycles. The molecule has 0 spiro atoms. The summed E-state index contributed by atoms with van der Waals surface area (Å²) in [6.45, 7) is 8.53. The van der Waals surface area contributed by atoms with Crippen molar-refractivity contribution in [2.75, 3.05) is 20.3 Å². The van der Waals surface area contributed by atoms with E-state index in [1.54, 1.807) is 31.4 Å². The smallest absolute Gasteiger partial charge is 0.251 e. The highest BCUT2D eigenvalue weighted by Gasteiger charge is 2.11. The highest BCUT2D eigenvalue weighted by Crippen LogP contribution is 2.28. The van der Waals surface area contributed by atoms with Crippen LogP contribution in [0.15, 0.2) is 55.1 Å². The minimum Gasteiger partial charge on any atom is -0.493 e. The number of amides is 1. The van der Waals surface area contributed by atoms with Crippen LogP contribution < -0.4 is 19.5 Å². The number of hydrogen-bond donors (Lipinski definition) is 1. The molecule has 2 rings (SSSR count). The molecule has 0 atom stereocenters. The number of rotatable bonds is 10. The molecule has 0 heterocycles. The summed E-state index contributed by atoms with van der Waals surface area (Å²) in [4.78, 5) is 12.4. The number of nitrogens with one attached hydrogen (secondary N) is 1. The maximum absolute atomic E-state index is 12.4. The van der Waals surface area contributed by atoms with E-state index in [0.29, 0.717) is 30.2 Å². The van der Waals surface area contributed by atoms with Gasteiger partial charge in [-0.05, 0) is 56.2 Å². The van der Waals surface area contributed by atoms with Crippen molar-refractivity contribution in [2.45, 2.75) is 26.4 Å². The largest absolute Gasteiger partial charge is 0.493 e. The number of carbonyl (C=O) groups is 1. The molecule has 0 aliphatic rings. The van der Waals surface area contributed by atoms with Crippen LogP contribution in [-0.4, -0.2) is 32.3 Å². The lowest BCUT2D eigenvalue weighted by atomic mass is 10.1. The van der Waals surface area contributed by atoms with Gasteiger partial charge in [0, 0.05) is 12.1 Å². The first kappa shape index (κ1) is 20.4. The van der Waals surface area contributed by atoms with Crippen LogP contribution in [0.5, 0.6) is 17.2 Å². The van der Waals surface area contributed by atoms with Crippen molar-refractivity contribution in [3.05, 3.63) is 66.2 Å². The van der Waals surface area contributed by atoms with Crippen LogP contribution in [-0.2, 0) is 6.42 Å². The summed E-state index contributed by atoms with van der Waals surface area (Å²) in [5, 5.41) is 2.93. The molecule has 5 heteroatoms. The fourth-order valence-corrected chi connectivity index (χ4v) is 2.51. The van der Waals surface area contributed by atoms with E-state index in [-0.39, 0.29) is 12.0 Å². The standard InChI is InChI=1S/C22H27NO4/c1-5-14-26-20-11-8-18(15-21(20)25-4)22(24)23-13-12-17-6-9-19(10-7-17)27-16(2)3/h5-11,15-16H,1,12-14H2,2-4H3,(H,23,24). The van der Waals surface area contributed by atoms with Gasteiger partial charge in [-0.3, -0.25) is 4.79 Å². The van der Waals surface area contributed by atoms with Gasteiger partial charge >= 0.3 is 0 Å². The highest BCUT2D eigenvalue weighted by molar-refractivity contribution is 5.94. The van der Waals surface area contributed by atoms with Crippen molar-refractivity contribution < 1.29 is 19.0 Å². The average Bonchev–Trinajstić information content (AvgIpc) is 2.67. The topological polar surface area (TPSA) is 56.8 Å². The predicted octanol–water partition coefficient (Wildman–Crippen LogP) is 4.02. The Kier molecular flexibility index (Phi) is 7.74. The fraction of sp³-hybridized carbons (Fsp3) is 0.318. The molecular weight excluding hydrogens is 342 g/mol. The van der Waals surface area contributed by atoms with Crippen LogP contribution in [0, 0.1) is 0 Å². The molecule has 0 bridgehead atoms. The first-order valence-electron chi connectivity index (χ1n) is 8.99. The Morgan fingerprint density at radius 2 is 1.89 bits per heavy atom. The van der Waals surface area contributed by atoms with Gasteiger partial charge in [0.1, 0.15) is 12.4 Å². The quantitative estimate of drug-likeness (QED) is 0.643. The van der Waals surface area contributed by atoms with Gasteiger partial charge in [0.25, 0.3) is 5.91 Å². The minimum atomic E-state index is -0.150. The fourth-order valence-electron chi connectivity index (χ4n) is 2.51. The normalized spacial score (nSPS) is 10.4. The van der Waals surface area contributed by atoms with E-state index in [1.165, 1.54) is 0 Å². The molecule has 2 aromatic rings. The molecule has 0 saturated carbocycles. The molecule has 0 radical (unpaired) electrons. The Hall–Kier alpha value is -2.95. The van der Waals surface area contributed by atoms with Gasteiger partial charge in [-0.25, -0.2) is 0 Å². The molecule has 0 fully saturated rings. The van der Waals surface area contributed by atoms with Crippen LogP contribution in [0.4, 0.5) is 0 Å². The van der Waals surface area contributed by atoms with E-state index in [4.69, 9.17) is 14.2 Å². The Bertz CT molecular complexity index is 753. The van der Waals surface area contributed by atoms with E-state index in [2.05, 4.69) is 11.9 Å². The predicted molar refractivity (Wildman–Crippen MR) is 107 cm³/mol. The van der Waals surface area contributed by atoms with Crippen molar-refractivity contribution >= 4 is 5.91 Å². The van der Waals surface area contributed by atoms with Crippen LogP contribution in [0.2, 0.25) is 0 Å². The summed E-state index contributed by atoms with van der Waals surface area (Å²) in [5.41, 5.74) is 1.66. The second kappa shape index (κ2) is 10.3. The number of benzene rings is 2. The van der Waals surface area contributed by atoms with Crippen LogP contribution in [0.25, 0.3) is 0 Å². The van der Waals surface area contributed by atoms with Crippen molar-refractivity contribution in [1.82, 2.24) is 5.32 Å². The molecular formula is C22H27NO4. The third kappa shape index (κ3) is 6.37. The van der Waals surface area contributed by atoms with Crippen molar-refractivity contribution in [2.24, 2.45) is 0 Å². The average molecular weight is 369 g/mol. The Morgan fingerprint density at radius 1 is 1.15 bits per heavy atom. The molecule has 144 valence electrons. The third-order valence-corrected chi connectivity index (χ3v) is 3.78. The maximum atomic E-state index is 12.4. The SMILES string of the molecule is C=CCOc1ccc(C(=O)NCCc2ccc(OC(C)C)cc2)cc1OC. The number of methoxy groups -OCH3 is 1. The Morgan fingerprint density at radius 3 is 2.52 bits per heavy atom. The zero-order chi connectivity index (χ0) is 19.6. The molecule has 27 heavy (non-hydrogen) atoms. The lowest BCUT2D eigenvalue weighted by Gasteiger charge is -2.12. The van der Waals surface area contributed by atoms with E-state index < -0.39 is 0 Å².